The van der Waals surface area contributed by atoms with Gasteiger partial charge in [-0.05, 0) is 25.1 Å². The van der Waals surface area contributed by atoms with Crippen LogP contribution in [0.5, 0.6) is 0 Å². The number of nitriles is 1. The lowest BCUT2D eigenvalue weighted by Crippen LogP contribution is -1.93. The Kier molecular flexibility index (Phi) is 2.88. The second kappa shape index (κ2) is 4.49. The minimum absolute atomic E-state index is 0.646. The third kappa shape index (κ3) is 2.20. The molecule has 0 aliphatic heterocycles. The maximum atomic E-state index is 8.78. The summed E-state index contributed by atoms with van der Waals surface area (Å²) in [6.45, 7) is 2.88. The molecule has 80 valence electrons. The van der Waals surface area contributed by atoms with Crippen molar-refractivity contribution in [3.8, 4) is 6.07 Å². The highest BCUT2D eigenvalue weighted by Gasteiger charge is 1.98. The highest BCUT2D eigenvalue weighted by atomic mass is 15.3. The molecule has 0 bridgehead atoms. The molecule has 0 radical (unpaired) electrons. The van der Waals surface area contributed by atoms with E-state index in [1.165, 1.54) is 0 Å². The van der Waals surface area contributed by atoms with Crippen LogP contribution in [0.3, 0.4) is 0 Å². The van der Waals surface area contributed by atoms with Crippen molar-refractivity contribution in [2.45, 2.75) is 13.5 Å². The van der Waals surface area contributed by atoms with Gasteiger partial charge in [-0.3, -0.25) is 4.68 Å². The molecule has 0 fully saturated rings. The first kappa shape index (κ1) is 10.2. The molecule has 0 aliphatic rings. The standard InChI is InChI=1S/C12H12N4/c1-2-16-9-12(8-14-16)15-11-5-3-4-10(6-11)7-13/h3-6,8-9,15H,2H2,1H3. The number of aryl methyl sites for hydroxylation is 1. The fraction of sp³-hybridized carbons (Fsp3) is 0.167. The molecule has 1 aromatic carbocycles. The number of hydrogen-bond acceptors (Lipinski definition) is 3. The van der Waals surface area contributed by atoms with Crippen LogP contribution in [-0.2, 0) is 6.54 Å². The molecule has 0 atom stereocenters. The van der Waals surface area contributed by atoms with Gasteiger partial charge in [-0.1, -0.05) is 6.07 Å². The molecule has 0 saturated carbocycles. The maximum absolute atomic E-state index is 8.78. The van der Waals surface area contributed by atoms with Crippen molar-refractivity contribution in [3.05, 3.63) is 42.2 Å². The molecular formula is C12H12N4. The molecule has 2 aromatic rings. The number of aromatic nitrogens is 2. The van der Waals surface area contributed by atoms with Gasteiger partial charge in [-0.2, -0.15) is 10.4 Å². The predicted octanol–water partition coefficient (Wildman–Crippen LogP) is 2.52. The number of hydrogen-bond donors (Lipinski definition) is 1. The Morgan fingerprint density at radius 1 is 1.44 bits per heavy atom. The summed E-state index contributed by atoms with van der Waals surface area (Å²) in [6, 6.07) is 9.47. The summed E-state index contributed by atoms with van der Waals surface area (Å²) < 4.78 is 1.84. The van der Waals surface area contributed by atoms with E-state index in [4.69, 9.17) is 5.26 Å². The third-order valence-corrected chi connectivity index (χ3v) is 2.24. The summed E-state index contributed by atoms with van der Waals surface area (Å²) in [5.74, 6) is 0. The lowest BCUT2D eigenvalue weighted by atomic mass is 10.2. The first-order valence-electron chi connectivity index (χ1n) is 5.11. The fourth-order valence-corrected chi connectivity index (χ4v) is 1.43. The molecule has 0 spiro atoms. The smallest absolute Gasteiger partial charge is 0.0992 e. The molecule has 4 heteroatoms. The molecular weight excluding hydrogens is 200 g/mol. The van der Waals surface area contributed by atoms with Crippen LogP contribution in [0.15, 0.2) is 36.7 Å². The van der Waals surface area contributed by atoms with Crippen molar-refractivity contribution >= 4 is 11.4 Å². The average molecular weight is 212 g/mol. The van der Waals surface area contributed by atoms with Crippen molar-refractivity contribution in [1.29, 1.82) is 5.26 Å². The first-order chi connectivity index (χ1) is 7.81. The van der Waals surface area contributed by atoms with Crippen molar-refractivity contribution in [1.82, 2.24) is 9.78 Å². The zero-order valence-electron chi connectivity index (χ0n) is 9.01. The van der Waals surface area contributed by atoms with E-state index in [0.717, 1.165) is 17.9 Å². The maximum Gasteiger partial charge on any atom is 0.0992 e. The summed E-state index contributed by atoms with van der Waals surface area (Å²) in [4.78, 5) is 0. The van der Waals surface area contributed by atoms with Crippen LogP contribution in [0, 0.1) is 11.3 Å². The average Bonchev–Trinajstić information content (AvgIpc) is 2.77. The minimum Gasteiger partial charge on any atom is -0.353 e. The first-order valence-corrected chi connectivity index (χ1v) is 5.11. The van der Waals surface area contributed by atoms with Crippen LogP contribution in [-0.4, -0.2) is 9.78 Å². The van der Waals surface area contributed by atoms with E-state index in [9.17, 15) is 0 Å². The van der Waals surface area contributed by atoms with Crippen LogP contribution >= 0.6 is 0 Å². The van der Waals surface area contributed by atoms with Gasteiger partial charge in [-0.25, -0.2) is 0 Å². The zero-order valence-corrected chi connectivity index (χ0v) is 9.01. The third-order valence-electron chi connectivity index (χ3n) is 2.24. The molecule has 4 nitrogen and oxygen atoms in total. The molecule has 0 saturated heterocycles. The summed E-state index contributed by atoms with van der Waals surface area (Å²) in [5.41, 5.74) is 2.47. The highest BCUT2D eigenvalue weighted by Crippen LogP contribution is 2.16. The van der Waals surface area contributed by atoms with Crippen molar-refractivity contribution < 1.29 is 0 Å². The lowest BCUT2D eigenvalue weighted by Gasteiger charge is -2.02. The number of anilines is 2. The van der Waals surface area contributed by atoms with Gasteiger partial charge in [0, 0.05) is 18.4 Å². The zero-order chi connectivity index (χ0) is 11.4. The molecule has 2 rings (SSSR count). The van der Waals surface area contributed by atoms with Crippen molar-refractivity contribution in [2.24, 2.45) is 0 Å². The van der Waals surface area contributed by atoms with Gasteiger partial charge in [0.25, 0.3) is 0 Å². The number of benzene rings is 1. The van der Waals surface area contributed by atoms with Crippen molar-refractivity contribution in [3.63, 3.8) is 0 Å². The lowest BCUT2D eigenvalue weighted by molar-refractivity contribution is 0.660. The summed E-state index contributed by atoms with van der Waals surface area (Å²) in [7, 11) is 0. The second-order valence-corrected chi connectivity index (χ2v) is 3.40. The van der Waals surface area contributed by atoms with Gasteiger partial charge in [0.05, 0.1) is 23.5 Å². The Morgan fingerprint density at radius 3 is 3.00 bits per heavy atom. The predicted molar refractivity (Wildman–Crippen MR) is 62.3 cm³/mol. The van der Waals surface area contributed by atoms with Crippen LogP contribution in [0.2, 0.25) is 0 Å². The molecule has 1 heterocycles. The number of nitrogens with zero attached hydrogens (tertiary/aromatic N) is 3. The SMILES string of the molecule is CCn1cc(Nc2cccc(C#N)c2)cn1. The van der Waals surface area contributed by atoms with Gasteiger partial charge >= 0.3 is 0 Å². The topological polar surface area (TPSA) is 53.6 Å². The van der Waals surface area contributed by atoms with Gasteiger partial charge in [0.15, 0.2) is 0 Å². The largest absolute Gasteiger partial charge is 0.353 e. The van der Waals surface area contributed by atoms with Crippen molar-refractivity contribution in [2.75, 3.05) is 5.32 Å². The summed E-state index contributed by atoms with van der Waals surface area (Å²) >= 11 is 0. The molecule has 0 amide bonds. The molecule has 1 aromatic heterocycles. The highest BCUT2D eigenvalue weighted by molar-refractivity contribution is 5.59. The van der Waals surface area contributed by atoms with E-state index in [0.29, 0.717) is 5.56 Å². The van der Waals surface area contributed by atoms with E-state index in [1.807, 2.05) is 36.0 Å². The molecule has 16 heavy (non-hydrogen) atoms. The molecule has 1 N–H and O–H groups in total. The monoisotopic (exact) mass is 212 g/mol. The Labute approximate surface area is 94.1 Å². The van der Waals surface area contributed by atoms with Gasteiger partial charge in [0.1, 0.15) is 0 Å². The minimum atomic E-state index is 0.646. The van der Waals surface area contributed by atoms with Crippen LogP contribution < -0.4 is 5.32 Å². The normalized spacial score (nSPS) is 9.75. The Morgan fingerprint density at radius 2 is 2.31 bits per heavy atom. The van der Waals surface area contributed by atoms with E-state index >= 15 is 0 Å². The van der Waals surface area contributed by atoms with Crippen LogP contribution in [0.25, 0.3) is 0 Å². The molecule has 0 unspecified atom stereocenters. The van der Waals surface area contributed by atoms with E-state index in [1.54, 1.807) is 12.3 Å². The number of rotatable bonds is 3. The summed E-state index contributed by atoms with van der Waals surface area (Å²) in [6.07, 6.45) is 3.70. The quantitative estimate of drug-likeness (QED) is 0.850. The van der Waals surface area contributed by atoms with Crippen LogP contribution in [0.4, 0.5) is 11.4 Å². The second-order valence-electron chi connectivity index (χ2n) is 3.40. The Hall–Kier alpha value is -2.28. The fourth-order valence-electron chi connectivity index (χ4n) is 1.43. The van der Waals surface area contributed by atoms with E-state index < -0.39 is 0 Å². The van der Waals surface area contributed by atoms with Gasteiger partial charge in [-0.15, -0.1) is 0 Å². The van der Waals surface area contributed by atoms with Crippen LogP contribution in [0.1, 0.15) is 12.5 Å². The van der Waals surface area contributed by atoms with E-state index in [-0.39, 0.29) is 0 Å². The summed E-state index contributed by atoms with van der Waals surface area (Å²) in [5, 5.41) is 16.1. The number of nitrogens with one attached hydrogen (secondary N) is 1. The van der Waals surface area contributed by atoms with Gasteiger partial charge in [0.2, 0.25) is 0 Å². The van der Waals surface area contributed by atoms with E-state index in [2.05, 4.69) is 16.5 Å². The Balaban J connectivity index is 2.17. The van der Waals surface area contributed by atoms with Gasteiger partial charge < -0.3 is 5.32 Å². The molecule has 0 aliphatic carbocycles. The Bertz CT molecular complexity index is 522.